The first-order chi connectivity index (χ1) is 8.20. The van der Waals surface area contributed by atoms with Gasteiger partial charge in [0.25, 0.3) is 0 Å². The van der Waals surface area contributed by atoms with Crippen molar-refractivity contribution in [1.82, 2.24) is 10.3 Å². The van der Waals surface area contributed by atoms with Crippen molar-refractivity contribution in [2.75, 3.05) is 25.5 Å². The van der Waals surface area contributed by atoms with Gasteiger partial charge in [0, 0.05) is 32.0 Å². The number of anilines is 1. The maximum absolute atomic E-state index is 11.0. The third-order valence-electron chi connectivity index (χ3n) is 2.84. The first-order valence-electron chi connectivity index (χ1n) is 5.46. The Labute approximate surface area is 99.5 Å². The zero-order valence-electron chi connectivity index (χ0n) is 9.64. The van der Waals surface area contributed by atoms with Crippen LogP contribution in [0.15, 0.2) is 18.3 Å². The van der Waals surface area contributed by atoms with Crippen molar-refractivity contribution in [3.8, 4) is 0 Å². The molecule has 1 unspecified atom stereocenters. The van der Waals surface area contributed by atoms with Gasteiger partial charge >= 0.3 is 0 Å². The van der Waals surface area contributed by atoms with Gasteiger partial charge in [-0.15, -0.1) is 0 Å². The number of carbonyl (C=O) groups is 1. The number of rotatable bonds is 4. The van der Waals surface area contributed by atoms with Gasteiger partial charge in [-0.05, 0) is 12.1 Å². The molecule has 1 saturated heterocycles. The molecule has 0 aliphatic carbocycles. The number of aromatic nitrogens is 1. The molecule has 1 aliphatic rings. The molecule has 0 spiro atoms. The number of amides is 1. The van der Waals surface area contributed by atoms with Crippen molar-refractivity contribution in [1.29, 1.82) is 0 Å². The molecule has 17 heavy (non-hydrogen) atoms. The molecule has 2 heterocycles. The molecule has 6 heteroatoms. The molecule has 2 atom stereocenters. The average molecular weight is 236 g/mol. The highest BCUT2D eigenvalue weighted by Gasteiger charge is 2.26. The minimum absolute atomic E-state index is 0.106. The van der Waals surface area contributed by atoms with E-state index >= 15 is 0 Å². The molecule has 4 N–H and O–H groups in total. The third-order valence-corrected chi connectivity index (χ3v) is 2.84. The fourth-order valence-corrected chi connectivity index (χ4v) is 1.90. The monoisotopic (exact) mass is 236 g/mol. The van der Waals surface area contributed by atoms with Crippen molar-refractivity contribution >= 4 is 11.7 Å². The maximum Gasteiger partial charge on any atom is 0.248 e. The first-order valence-corrected chi connectivity index (χ1v) is 5.46. The van der Waals surface area contributed by atoms with Crippen molar-refractivity contribution in [3.63, 3.8) is 0 Å². The lowest BCUT2D eigenvalue weighted by Gasteiger charge is -2.19. The largest absolute Gasteiger partial charge is 0.378 e. The van der Waals surface area contributed by atoms with Gasteiger partial charge in [-0.2, -0.15) is 0 Å². The van der Waals surface area contributed by atoms with E-state index in [9.17, 15) is 4.79 Å². The number of nitrogens with zero attached hydrogens (tertiary/aromatic N) is 1. The standard InChI is InChI=1S/C11H16N4O2/c1-17-9-6-13-5-8(9)15-10-4-7(11(12)16)2-3-14-10/h2-4,8-9,13H,5-6H2,1H3,(H2,12,16)(H,14,15)/t8?,9-/m0/s1. The van der Waals surface area contributed by atoms with Gasteiger partial charge in [-0.1, -0.05) is 0 Å². The molecule has 1 aromatic heterocycles. The Bertz CT molecular complexity index is 410. The van der Waals surface area contributed by atoms with E-state index in [1.54, 1.807) is 25.4 Å². The lowest BCUT2D eigenvalue weighted by atomic mass is 10.2. The van der Waals surface area contributed by atoms with Gasteiger partial charge in [0.1, 0.15) is 5.82 Å². The minimum atomic E-state index is -0.455. The first kappa shape index (κ1) is 11.8. The highest BCUT2D eigenvalue weighted by atomic mass is 16.5. The number of methoxy groups -OCH3 is 1. The molecule has 0 radical (unpaired) electrons. The fourth-order valence-electron chi connectivity index (χ4n) is 1.90. The van der Waals surface area contributed by atoms with E-state index in [4.69, 9.17) is 10.5 Å². The van der Waals surface area contributed by atoms with Crippen LogP contribution in [0.2, 0.25) is 0 Å². The summed E-state index contributed by atoms with van der Waals surface area (Å²) in [6.07, 6.45) is 1.67. The molecule has 0 saturated carbocycles. The normalized spacial score (nSPS) is 23.6. The molecule has 92 valence electrons. The predicted octanol–water partition coefficient (Wildman–Crippen LogP) is -0.421. The summed E-state index contributed by atoms with van der Waals surface area (Å²) in [6.45, 7) is 1.62. The van der Waals surface area contributed by atoms with Crippen molar-refractivity contribution in [2.24, 2.45) is 5.73 Å². The number of nitrogens with two attached hydrogens (primary N) is 1. The number of hydrogen-bond donors (Lipinski definition) is 3. The number of hydrogen-bond acceptors (Lipinski definition) is 5. The lowest BCUT2D eigenvalue weighted by Crippen LogP contribution is -2.33. The Morgan fingerprint density at radius 2 is 2.47 bits per heavy atom. The van der Waals surface area contributed by atoms with E-state index in [0.717, 1.165) is 13.1 Å². The minimum Gasteiger partial charge on any atom is -0.378 e. The summed E-state index contributed by atoms with van der Waals surface area (Å²) in [5, 5.41) is 6.45. The molecule has 0 aromatic carbocycles. The zero-order valence-corrected chi connectivity index (χ0v) is 9.64. The van der Waals surface area contributed by atoms with Crippen LogP contribution in [0.4, 0.5) is 5.82 Å². The van der Waals surface area contributed by atoms with E-state index in [0.29, 0.717) is 11.4 Å². The summed E-state index contributed by atoms with van der Waals surface area (Å²) in [5.41, 5.74) is 5.66. The van der Waals surface area contributed by atoms with Crippen molar-refractivity contribution < 1.29 is 9.53 Å². The summed E-state index contributed by atoms with van der Waals surface area (Å²) in [6, 6.07) is 3.39. The lowest BCUT2D eigenvalue weighted by molar-refractivity contribution is 0.1000. The van der Waals surface area contributed by atoms with Crippen LogP contribution >= 0.6 is 0 Å². The van der Waals surface area contributed by atoms with Gasteiger partial charge in [0.15, 0.2) is 0 Å². The van der Waals surface area contributed by atoms with Crippen LogP contribution in [0.25, 0.3) is 0 Å². The van der Waals surface area contributed by atoms with E-state index in [1.807, 2.05) is 0 Å². The van der Waals surface area contributed by atoms with E-state index < -0.39 is 5.91 Å². The summed E-state index contributed by atoms with van der Waals surface area (Å²) in [7, 11) is 1.68. The highest BCUT2D eigenvalue weighted by molar-refractivity contribution is 5.93. The molecular weight excluding hydrogens is 220 g/mol. The smallest absolute Gasteiger partial charge is 0.248 e. The Balaban J connectivity index is 2.07. The predicted molar refractivity (Wildman–Crippen MR) is 63.8 cm³/mol. The Kier molecular flexibility index (Phi) is 3.55. The molecule has 1 fully saturated rings. The fraction of sp³-hybridized carbons (Fsp3) is 0.455. The van der Waals surface area contributed by atoms with Crippen LogP contribution < -0.4 is 16.4 Å². The zero-order chi connectivity index (χ0) is 12.3. The van der Waals surface area contributed by atoms with Crippen LogP contribution in [0.3, 0.4) is 0 Å². The quantitative estimate of drug-likeness (QED) is 0.660. The number of ether oxygens (including phenoxy) is 1. The highest BCUT2D eigenvalue weighted by Crippen LogP contribution is 2.12. The third kappa shape index (κ3) is 2.72. The topological polar surface area (TPSA) is 89.3 Å². The maximum atomic E-state index is 11.0. The Morgan fingerprint density at radius 3 is 3.18 bits per heavy atom. The molecule has 0 bridgehead atoms. The molecule has 1 amide bonds. The number of pyridine rings is 1. The molecule has 2 rings (SSSR count). The summed E-state index contributed by atoms with van der Waals surface area (Å²) in [4.78, 5) is 15.2. The van der Waals surface area contributed by atoms with E-state index in [-0.39, 0.29) is 12.1 Å². The van der Waals surface area contributed by atoms with E-state index in [2.05, 4.69) is 15.6 Å². The SMILES string of the molecule is CO[C@H]1CNCC1Nc1cc(C(N)=O)ccn1. The molecular formula is C11H16N4O2. The van der Waals surface area contributed by atoms with Crippen LogP contribution in [-0.4, -0.2) is 43.2 Å². The second kappa shape index (κ2) is 5.11. The van der Waals surface area contributed by atoms with E-state index in [1.165, 1.54) is 0 Å². The van der Waals surface area contributed by atoms with Crippen LogP contribution in [0.1, 0.15) is 10.4 Å². The van der Waals surface area contributed by atoms with Crippen LogP contribution in [0.5, 0.6) is 0 Å². The molecule has 1 aliphatic heterocycles. The van der Waals surface area contributed by atoms with Crippen molar-refractivity contribution in [3.05, 3.63) is 23.9 Å². The van der Waals surface area contributed by atoms with Crippen LogP contribution in [-0.2, 0) is 4.74 Å². The second-order valence-corrected chi connectivity index (χ2v) is 3.98. The van der Waals surface area contributed by atoms with Gasteiger partial charge in [0.05, 0.1) is 12.1 Å². The number of carbonyl (C=O) groups excluding carboxylic acids is 1. The van der Waals surface area contributed by atoms with Gasteiger partial charge in [0.2, 0.25) is 5.91 Å². The average Bonchev–Trinajstić information content (AvgIpc) is 2.76. The number of primary amides is 1. The summed E-state index contributed by atoms with van der Waals surface area (Å²) < 4.78 is 5.33. The van der Waals surface area contributed by atoms with Gasteiger partial charge in [-0.3, -0.25) is 4.79 Å². The Morgan fingerprint density at radius 1 is 1.65 bits per heavy atom. The molecule has 6 nitrogen and oxygen atoms in total. The van der Waals surface area contributed by atoms with Crippen molar-refractivity contribution in [2.45, 2.75) is 12.1 Å². The van der Waals surface area contributed by atoms with Crippen LogP contribution in [0, 0.1) is 0 Å². The number of nitrogens with one attached hydrogen (secondary N) is 2. The molecule has 1 aromatic rings. The summed E-state index contributed by atoms with van der Waals surface area (Å²) in [5.74, 6) is 0.181. The second-order valence-electron chi connectivity index (χ2n) is 3.98. The van der Waals surface area contributed by atoms with Gasteiger partial charge < -0.3 is 21.1 Å². The Hall–Kier alpha value is -1.66. The summed E-state index contributed by atoms with van der Waals surface area (Å²) >= 11 is 0. The van der Waals surface area contributed by atoms with Gasteiger partial charge in [-0.25, -0.2) is 4.98 Å².